The first-order chi connectivity index (χ1) is 13.1. The fourth-order valence-electron chi connectivity index (χ4n) is 3.59. The van der Waals surface area contributed by atoms with Crippen LogP contribution in [-0.2, 0) is 15.1 Å². The van der Waals surface area contributed by atoms with Gasteiger partial charge >= 0.3 is 6.03 Å². The standard InChI is InChI=1S/C21H22ClN3O3/c1-12-9-13(2)18(14(3)10-12)23-17(26)11-25-19(27)21(4,24-20(25)28)15-7-5-6-8-16(15)22/h5-10H,11H2,1-4H3,(H,23,26)(H,24,28)/t21-/m0/s1. The van der Waals surface area contributed by atoms with Gasteiger partial charge in [-0.2, -0.15) is 0 Å². The molecule has 1 fully saturated rings. The number of benzene rings is 2. The third-order valence-corrected chi connectivity index (χ3v) is 5.26. The van der Waals surface area contributed by atoms with E-state index in [1.807, 2.05) is 32.9 Å². The zero-order valence-electron chi connectivity index (χ0n) is 16.2. The first kappa shape index (κ1) is 19.9. The number of anilines is 1. The van der Waals surface area contributed by atoms with E-state index in [0.29, 0.717) is 16.3 Å². The minimum Gasteiger partial charge on any atom is -0.324 e. The van der Waals surface area contributed by atoms with Crippen LogP contribution in [0, 0.1) is 20.8 Å². The molecule has 4 amide bonds. The van der Waals surface area contributed by atoms with E-state index in [1.54, 1.807) is 31.2 Å². The molecule has 0 spiro atoms. The van der Waals surface area contributed by atoms with Crippen molar-refractivity contribution in [2.75, 3.05) is 11.9 Å². The molecule has 0 saturated carbocycles. The number of amides is 4. The van der Waals surface area contributed by atoms with Gasteiger partial charge < -0.3 is 10.6 Å². The molecule has 2 aromatic carbocycles. The molecular weight excluding hydrogens is 378 g/mol. The fraction of sp³-hybridized carbons (Fsp3) is 0.286. The van der Waals surface area contributed by atoms with E-state index in [1.165, 1.54) is 0 Å². The second kappa shape index (κ2) is 7.28. The highest BCUT2D eigenvalue weighted by Gasteiger charge is 2.50. The Morgan fingerprint density at radius 1 is 1.14 bits per heavy atom. The smallest absolute Gasteiger partial charge is 0.324 e. The predicted octanol–water partition coefficient (Wildman–Crippen LogP) is 3.67. The number of hydrogen-bond donors (Lipinski definition) is 2. The van der Waals surface area contributed by atoms with Crippen molar-refractivity contribution in [1.82, 2.24) is 10.2 Å². The van der Waals surface area contributed by atoms with Gasteiger partial charge in [0.2, 0.25) is 5.91 Å². The van der Waals surface area contributed by atoms with E-state index in [-0.39, 0.29) is 6.54 Å². The van der Waals surface area contributed by atoms with Crippen LogP contribution in [0.3, 0.4) is 0 Å². The van der Waals surface area contributed by atoms with Crippen LogP contribution < -0.4 is 10.6 Å². The summed E-state index contributed by atoms with van der Waals surface area (Å²) >= 11 is 6.21. The summed E-state index contributed by atoms with van der Waals surface area (Å²) in [6, 6.07) is 10.1. The monoisotopic (exact) mass is 399 g/mol. The SMILES string of the molecule is Cc1cc(C)c(NC(=O)CN2C(=O)N[C@@](C)(c3ccccc3Cl)C2=O)c(C)c1. The summed E-state index contributed by atoms with van der Waals surface area (Å²) in [5.74, 6) is -0.958. The molecule has 3 rings (SSSR count). The summed E-state index contributed by atoms with van der Waals surface area (Å²) in [4.78, 5) is 38.8. The van der Waals surface area contributed by atoms with Gasteiger partial charge in [-0.25, -0.2) is 4.79 Å². The molecule has 7 heteroatoms. The number of carbonyl (C=O) groups excluding carboxylic acids is 3. The Morgan fingerprint density at radius 2 is 1.75 bits per heavy atom. The van der Waals surface area contributed by atoms with Crippen LogP contribution in [0.5, 0.6) is 0 Å². The average molecular weight is 400 g/mol. The topological polar surface area (TPSA) is 78.5 Å². The van der Waals surface area contributed by atoms with Gasteiger partial charge in [-0.3, -0.25) is 14.5 Å². The number of imide groups is 1. The second-order valence-electron chi connectivity index (χ2n) is 7.25. The summed E-state index contributed by atoms with van der Waals surface area (Å²) < 4.78 is 0. The van der Waals surface area contributed by atoms with Crippen molar-refractivity contribution in [1.29, 1.82) is 0 Å². The second-order valence-corrected chi connectivity index (χ2v) is 7.66. The predicted molar refractivity (Wildman–Crippen MR) is 108 cm³/mol. The molecular formula is C21H22ClN3O3. The third-order valence-electron chi connectivity index (χ3n) is 4.93. The van der Waals surface area contributed by atoms with Gasteiger partial charge in [-0.05, 0) is 44.9 Å². The van der Waals surface area contributed by atoms with E-state index < -0.39 is 23.4 Å². The average Bonchev–Trinajstić information content (AvgIpc) is 2.82. The zero-order valence-corrected chi connectivity index (χ0v) is 17.0. The number of aryl methyl sites for hydroxylation is 3. The van der Waals surface area contributed by atoms with Crippen molar-refractivity contribution in [2.24, 2.45) is 0 Å². The number of rotatable bonds is 4. The molecule has 1 aliphatic rings. The van der Waals surface area contributed by atoms with Crippen LogP contribution >= 0.6 is 11.6 Å². The van der Waals surface area contributed by atoms with Crippen molar-refractivity contribution in [3.8, 4) is 0 Å². The number of hydrogen-bond acceptors (Lipinski definition) is 3. The molecule has 0 radical (unpaired) electrons. The first-order valence-electron chi connectivity index (χ1n) is 8.90. The normalized spacial score (nSPS) is 19.0. The van der Waals surface area contributed by atoms with E-state index in [2.05, 4.69) is 10.6 Å². The molecule has 2 aromatic rings. The lowest BCUT2D eigenvalue weighted by Gasteiger charge is -2.23. The summed E-state index contributed by atoms with van der Waals surface area (Å²) in [5.41, 5.74) is 2.80. The highest BCUT2D eigenvalue weighted by atomic mass is 35.5. The van der Waals surface area contributed by atoms with Crippen molar-refractivity contribution in [3.63, 3.8) is 0 Å². The number of nitrogens with zero attached hydrogens (tertiary/aromatic N) is 1. The van der Waals surface area contributed by atoms with Gasteiger partial charge in [0.05, 0.1) is 0 Å². The zero-order chi connectivity index (χ0) is 20.6. The maximum absolute atomic E-state index is 13.0. The lowest BCUT2D eigenvalue weighted by Crippen LogP contribution is -2.42. The van der Waals surface area contributed by atoms with E-state index in [9.17, 15) is 14.4 Å². The Kier molecular flexibility index (Phi) is 5.17. The Morgan fingerprint density at radius 3 is 2.36 bits per heavy atom. The number of urea groups is 1. The van der Waals surface area contributed by atoms with Crippen LogP contribution in [0.4, 0.5) is 10.5 Å². The summed E-state index contributed by atoms with van der Waals surface area (Å²) in [5, 5.41) is 5.84. The number of halogens is 1. The van der Waals surface area contributed by atoms with Crippen molar-refractivity contribution < 1.29 is 14.4 Å². The van der Waals surface area contributed by atoms with Crippen LogP contribution in [0.15, 0.2) is 36.4 Å². The first-order valence-corrected chi connectivity index (χ1v) is 9.28. The van der Waals surface area contributed by atoms with Gasteiger partial charge in [0, 0.05) is 16.3 Å². The van der Waals surface area contributed by atoms with Crippen molar-refractivity contribution in [3.05, 3.63) is 63.7 Å². The Hall–Kier alpha value is -2.86. The number of carbonyl (C=O) groups is 3. The lowest BCUT2D eigenvalue weighted by molar-refractivity contribution is -0.133. The molecule has 2 N–H and O–H groups in total. The molecule has 1 aliphatic heterocycles. The van der Waals surface area contributed by atoms with Gasteiger partial charge in [-0.1, -0.05) is 47.5 Å². The van der Waals surface area contributed by atoms with E-state index in [0.717, 1.165) is 21.6 Å². The maximum Gasteiger partial charge on any atom is 0.325 e. The molecule has 1 atom stereocenters. The molecule has 1 saturated heterocycles. The highest BCUT2D eigenvalue weighted by Crippen LogP contribution is 2.33. The largest absolute Gasteiger partial charge is 0.325 e. The van der Waals surface area contributed by atoms with Crippen LogP contribution in [0.25, 0.3) is 0 Å². The molecule has 6 nitrogen and oxygen atoms in total. The minimum absolute atomic E-state index is 0.371. The van der Waals surface area contributed by atoms with Gasteiger partial charge in [0.25, 0.3) is 5.91 Å². The quantitative estimate of drug-likeness (QED) is 0.770. The van der Waals surface area contributed by atoms with Crippen LogP contribution in [0.1, 0.15) is 29.2 Å². The molecule has 1 heterocycles. The van der Waals surface area contributed by atoms with Gasteiger partial charge in [-0.15, -0.1) is 0 Å². The van der Waals surface area contributed by atoms with Crippen LogP contribution in [0.2, 0.25) is 5.02 Å². The summed E-state index contributed by atoms with van der Waals surface area (Å²) in [6.45, 7) is 6.99. The molecule has 0 bridgehead atoms. The van der Waals surface area contributed by atoms with Crippen LogP contribution in [-0.4, -0.2) is 29.3 Å². The lowest BCUT2D eigenvalue weighted by atomic mass is 9.92. The maximum atomic E-state index is 13.0. The minimum atomic E-state index is -1.31. The van der Waals surface area contributed by atoms with E-state index in [4.69, 9.17) is 11.6 Å². The molecule has 146 valence electrons. The molecule has 0 aromatic heterocycles. The molecule has 28 heavy (non-hydrogen) atoms. The Labute approximate surface area is 168 Å². The fourth-order valence-corrected chi connectivity index (χ4v) is 3.91. The Balaban J connectivity index is 1.80. The summed E-state index contributed by atoms with van der Waals surface area (Å²) in [6.07, 6.45) is 0. The third kappa shape index (κ3) is 3.47. The number of nitrogens with one attached hydrogen (secondary N) is 2. The van der Waals surface area contributed by atoms with Crippen molar-refractivity contribution >= 4 is 35.1 Å². The van der Waals surface area contributed by atoms with Gasteiger partial charge in [0.15, 0.2) is 0 Å². The Bertz CT molecular complexity index is 966. The van der Waals surface area contributed by atoms with Gasteiger partial charge in [0.1, 0.15) is 12.1 Å². The molecule has 0 aliphatic carbocycles. The van der Waals surface area contributed by atoms with E-state index >= 15 is 0 Å². The highest BCUT2D eigenvalue weighted by molar-refractivity contribution is 6.32. The summed E-state index contributed by atoms with van der Waals surface area (Å²) in [7, 11) is 0. The molecule has 0 unspecified atom stereocenters. The van der Waals surface area contributed by atoms with Crippen molar-refractivity contribution in [2.45, 2.75) is 33.2 Å².